The molecule has 1 atom stereocenters. The number of fused-ring (bicyclic) bond motifs is 1. The first-order valence-electron chi connectivity index (χ1n) is 6.78. The number of nitrogens with one attached hydrogen (secondary N) is 1. The van der Waals surface area contributed by atoms with Gasteiger partial charge in [-0.3, -0.25) is 9.69 Å². The Kier molecular flexibility index (Phi) is 4.54. The Morgan fingerprint density at radius 2 is 2.32 bits per heavy atom. The van der Waals surface area contributed by atoms with Crippen molar-refractivity contribution in [2.75, 3.05) is 18.4 Å². The van der Waals surface area contributed by atoms with E-state index in [9.17, 15) is 4.79 Å². The third-order valence-corrected chi connectivity index (χ3v) is 4.51. The molecule has 1 aromatic heterocycles. The maximum atomic E-state index is 11.9. The summed E-state index contributed by atoms with van der Waals surface area (Å²) in [6.07, 6.45) is 0.964. The minimum atomic E-state index is -0.479. The molecule has 0 saturated heterocycles. The highest BCUT2D eigenvalue weighted by Gasteiger charge is 2.22. The van der Waals surface area contributed by atoms with Crippen molar-refractivity contribution < 1.29 is 4.79 Å². The summed E-state index contributed by atoms with van der Waals surface area (Å²) < 4.78 is 0. The van der Waals surface area contributed by atoms with E-state index in [1.165, 1.54) is 4.88 Å². The van der Waals surface area contributed by atoms with Crippen molar-refractivity contribution in [3.63, 3.8) is 0 Å². The number of anilines is 1. The topological polar surface area (TPSA) is 71.2 Å². The lowest BCUT2D eigenvalue weighted by atomic mass is 10.1. The predicted molar refractivity (Wildman–Crippen MR) is 78.2 cm³/mol. The third kappa shape index (κ3) is 3.32. The highest BCUT2D eigenvalue weighted by atomic mass is 32.1. The Balaban J connectivity index is 2.04. The molecule has 5 nitrogen and oxygen atoms in total. The smallest absolute Gasteiger partial charge is 0.243 e. The largest absolute Gasteiger partial charge is 0.320 e. The summed E-state index contributed by atoms with van der Waals surface area (Å²) in [5.74, 6) is -0.0152. The molecule has 2 rings (SSSR count). The summed E-state index contributed by atoms with van der Waals surface area (Å²) in [6, 6.07) is -0.479. The number of amides is 1. The van der Waals surface area contributed by atoms with Crippen LogP contribution in [0.2, 0.25) is 0 Å². The number of aromatic nitrogens is 1. The van der Waals surface area contributed by atoms with Crippen LogP contribution in [0.3, 0.4) is 0 Å². The molecule has 1 aliphatic rings. The van der Waals surface area contributed by atoms with Gasteiger partial charge in [-0.15, -0.1) is 11.3 Å². The minimum Gasteiger partial charge on any atom is -0.320 e. The number of carbonyl (C=O) groups excluding carboxylic acids is 1. The Morgan fingerprint density at radius 3 is 2.95 bits per heavy atom. The molecule has 1 aliphatic heterocycles. The molecule has 0 aromatic carbocycles. The second kappa shape index (κ2) is 5.98. The zero-order valence-corrected chi connectivity index (χ0v) is 12.6. The quantitative estimate of drug-likeness (QED) is 0.876. The predicted octanol–water partition coefficient (Wildman–Crippen LogP) is 1.44. The van der Waals surface area contributed by atoms with Crippen molar-refractivity contribution >= 4 is 22.4 Å². The van der Waals surface area contributed by atoms with Crippen LogP contribution in [-0.4, -0.2) is 34.9 Å². The van der Waals surface area contributed by atoms with Crippen molar-refractivity contribution in [1.82, 2.24) is 9.88 Å². The summed E-state index contributed by atoms with van der Waals surface area (Å²) in [6.45, 7) is 9.09. The summed E-state index contributed by atoms with van der Waals surface area (Å²) in [4.78, 5) is 20.1. The Labute approximate surface area is 118 Å². The number of nitrogens with zero attached hydrogens (tertiary/aromatic N) is 2. The van der Waals surface area contributed by atoms with E-state index < -0.39 is 6.04 Å². The first kappa shape index (κ1) is 14.4. The molecular formula is C13H22N4OS. The van der Waals surface area contributed by atoms with E-state index in [-0.39, 0.29) is 11.8 Å². The first-order valence-corrected chi connectivity index (χ1v) is 7.60. The number of thiazole rings is 1. The van der Waals surface area contributed by atoms with Crippen molar-refractivity contribution in [2.45, 2.75) is 39.8 Å². The molecule has 0 aliphatic carbocycles. The van der Waals surface area contributed by atoms with Gasteiger partial charge in [-0.25, -0.2) is 4.98 Å². The number of rotatable bonds is 4. The molecule has 19 heavy (non-hydrogen) atoms. The van der Waals surface area contributed by atoms with Gasteiger partial charge >= 0.3 is 0 Å². The van der Waals surface area contributed by atoms with Crippen LogP contribution in [0.1, 0.15) is 31.3 Å². The summed E-state index contributed by atoms with van der Waals surface area (Å²) in [5, 5.41) is 3.52. The standard InChI is InChI=1S/C13H22N4OS/c1-4-17-6-5-9-10(7-17)19-13(15-9)16-12(18)11(14)8(2)3/h8,11H,4-7,14H2,1-3H3,(H,15,16,18). The van der Waals surface area contributed by atoms with Gasteiger partial charge in [0.25, 0.3) is 0 Å². The van der Waals surface area contributed by atoms with Crippen molar-refractivity contribution in [1.29, 1.82) is 0 Å². The van der Waals surface area contributed by atoms with E-state index in [0.29, 0.717) is 5.13 Å². The number of nitrogens with two attached hydrogens (primary N) is 1. The Hall–Kier alpha value is -0.980. The molecule has 6 heteroatoms. The molecular weight excluding hydrogens is 260 g/mol. The fraction of sp³-hybridized carbons (Fsp3) is 0.692. The zero-order valence-electron chi connectivity index (χ0n) is 11.8. The average Bonchev–Trinajstić information content (AvgIpc) is 2.78. The lowest BCUT2D eigenvalue weighted by molar-refractivity contribution is -0.118. The average molecular weight is 282 g/mol. The molecule has 0 radical (unpaired) electrons. The van der Waals surface area contributed by atoms with E-state index in [1.54, 1.807) is 11.3 Å². The molecule has 106 valence electrons. The van der Waals surface area contributed by atoms with Gasteiger partial charge in [-0.2, -0.15) is 0 Å². The van der Waals surface area contributed by atoms with Gasteiger partial charge in [-0.1, -0.05) is 20.8 Å². The minimum absolute atomic E-state index is 0.130. The van der Waals surface area contributed by atoms with Gasteiger partial charge in [0, 0.05) is 24.4 Å². The van der Waals surface area contributed by atoms with E-state index in [1.807, 2.05) is 13.8 Å². The van der Waals surface area contributed by atoms with Gasteiger partial charge in [0.1, 0.15) is 0 Å². The monoisotopic (exact) mass is 282 g/mol. The highest BCUT2D eigenvalue weighted by molar-refractivity contribution is 7.15. The number of hydrogen-bond donors (Lipinski definition) is 2. The summed E-state index contributed by atoms with van der Waals surface area (Å²) >= 11 is 1.57. The van der Waals surface area contributed by atoms with Gasteiger partial charge < -0.3 is 11.1 Å². The van der Waals surface area contributed by atoms with Gasteiger partial charge in [0.2, 0.25) is 5.91 Å². The van der Waals surface area contributed by atoms with Crippen LogP contribution < -0.4 is 11.1 Å². The molecule has 3 N–H and O–H groups in total. The normalized spacial score (nSPS) is 17.3. The molecule has 0 fully saturated rings. The van der Waals surface area contributed by atoms with E-state index in [4.69, 9.17) is 5.73 Å². The van der Waals surface area contributed by atoms with Crippen molar-refractivity contribution in [3.8, 4) is 0 Å². The van der Waals surface area contributed by atoms with Crippen LogP contribution in [0.15, 0.2) is 0 Å². The molecule has 1 aromatic rings. The first-order chi connectivity index (χ1) is 9.01. The molecule has 2 heterocycles. The maximum absolute atomic E-state index is 11.9. The van der Waals surface area contributed by atoms with Crippen LogP contribution in [0.5, 0.6) is 0 Å². The van der Waals surface area contributed by atoms with E-state index in [2.05, 4.69) is 22.1 Å². The zero-order chi connectivity index (χ0) is 14.0. The van der Waals surface area contributed by atoms with Crippen LogP contribution >= 0.6 is 11.3 Å². The highest BCUT2D eigenvalue weighted by Crippen LogP contribution is 2.28. The van der Waals surface area contributed by atoms with E-state index >= 15 is 0 Å². The SMILES string of the molecule is CCN1CCc2nc(NC(=O)C(N)C(C)C)sc2C1. The second-order valence-corrected chi connectivity index (χ2v) is 6.35. The molecule has 0 spiro atoms. The lowest BCUT2D eigenvalue weighted by Gasteiger charge is -2.23. The molecule has 1 amide bonds. The molecule has 0 saturated carbocycles. The Morgan fingerprint density at radius 1 is 1.58 bits per heavy atom. The lowest BCUT2D eigenvalue weighted by Crippen LogP contribution is -2.39. The van der Waals surface area contributed by atoms with Gasteiger partial charge in [0.05, 0.1) is 11.7 Å². The Bertz CT molecular complexity index is 457. The number of hydrogen-bond acceptors (Lipinski definition) is 5. The van der Waals surface area contributed by atoms with Crippen LogP contribution in [-0.2, 0) is 17.8 Å². The van der Waals surface area contributed by atoms with Crippen LogP contribution in [0.25, 0.3) is 0 Å². The van der Waals surface area contributed by atoms with Crippen molar-refractivity contribution in [2.24, 2.45) is 11.7 Å². The second-order valence-electron chi connectivity index (χ2n) is 5.27. The van der Waals surface area contributed by atoms with Gasteiger partial charge in [-0.05, 0) is 12.5 Å². The molecule has 0 bridgehead atoms. The van der Waals surface area contributed by atoms with Gasteiger partial charge in [0.15, 0.2) is 5.13 Å². The summed E-state index contributed by atoms with van der Waals surface area (Å²) in [7, 11) is 0. The van der Waals surface area contributed by atoms with Crippen LogP contribution in [0.4, 0.5) is 5.13 Å². The van der Waals surface area contributed by atoms with E-state index in [0.717, 1.165) is 31.7 Å². The number of likely N-dealkylation sites (N-methyl/N-ethyl adjacent to an activating group) is 1. The fourth-order valence-corrected chi connectivity index (χ4v) is 3.12. The number of carbonyl (C=O) groups is 1. The van der Waals surface area contributed by atoms with Crippen LogP contribution in [0, 0.1) is 5.92 Å². The fourth-order valence-electron chi connectivity index (χ4n) is 2.06. The summed E-state index contributed by atoms with van der Waals surface area (Å²) in [5.41, 5.74) is 6.96. The van der Waals surface area contributed by atoms with Crippen molar-refractivity contribution in [3.05, 3.63) is 10.6 Å². The maximum Gasteiger partial charge on any atom is 0.243 e. The molecule has 1 unspecified atom stereocenters. The third-order valence-electron chi connectivity index (χ3n) is 3.51.